The largest absolute Gasteiger partial charge is 0.491 e. The average Bonchev–Trinajstić information content (AvgIpc) is 3.36. The second kappa shape index (κ2) is 12.4. The van der Waals surface area contributed by atoms with Crippen molar-refractivity contribution < 1.29 is 18.7 Å². The summed E-state index contributed by atoms with van der Waals surface area (Å²) >= 11 is 7.73. The van der Waals surface area contributed by atoms with E-state index in [1.165, 1.54) is 17.0 Å². The fourth-order valence-corrected chi connectivity index (χ4v) is 5.47. The van der Waals surface area contributed by atoms with Crippen molar-refractivity contribution in [3.8, 4) is 5.75 Å². The van der Waals surface area contributed by atoms with Gasteiger partial charge in [0.05, 0.1) is 6.04 Å². The molecular weight excluding hydrogens is 513 g/mol. The van der Waals surface area contributed by atoms with E-state index >= 15 is 0 Å². The van der Waals surface area contributed by atoms with Gasteiger partial charge in [-0.2, -0.15) is 0 Å². The van der Waals surface area contributed by atoms with E-state index in [4.69, 9.17) is 16.3 Å². The highest BCUT2D eigenvalue weighted by molar-refractivity contribution is 7.10. The second-order valence-corrected chi connectivity index (χ2v) is 10.7. The summed E-state index contributed by atoms with van der Waals surface area (Å²) in [5.41, 5.74) is 1.61. The van der Waals surface area contributed by atoms with Crippen molar-refractivity contribution in [3.63, 3.8) is 0 Å². The predicted molar refractivity (Wildman–Crippen MR) is 146 cm³/mol. The van der Waals surface area contributed by atoms with Crippen LogP contribution in [-0.2, 0) is 11.2 Å². The second-order valence-electron chi connectivity index (χ2n) is 9.25. The normalized spacial score (nSPS) is 15.6. The molecule has 196 valence electrons. The lowest BCUT2D eigenvalue weighted by molar-refractivity contribution is -0.135. The van der Waals surface area contributed by atoms with Gasteiger partial charge in [0.15, 0.2) is 0 Å². The standard InChI is InChI=1S/C28H31ClFN3O3S/c1-3-19(2)16-32(28(35)31-22-8-4-6-20(29)14-22)17-27(34)33-12-10-26-24(11-13-37-26)25(33)18-36-23-9-5-7-21(30)15-23/h4-9,11,13-15,19,25H,3,10,12,16-18H2,1-2H3,(H,31,35)/t19-,25+/m1/s1. The first-order valence-corrected chi connectivity index (χ1v) is 13.7. The van der Waals surface area contributed by atoms with Crippen LogP contribution in [0, 0.1) is 11.7 Å². The van der Waals surface area contributed by atoms with Gasteiger partial charge in [-0.25, -0.2) is 9.18 Å². The molecule has 2 atom stereocenters. The van der Waals surface area contributed by atoms with E-state index in [-0.39, 0.29) is 42.9 Å². The first-order valence-electron chi connectivity index (χ1n) is 12.4. The third-order valence-corrected chi connectivity index (χ3v) is 7.77. The molecule has 1 N–H and O–H groups in total. The monoisotopic (exact) mass is 543 g/mol. The van der Waals surface area contributed by atoms with Gasteiger partial charge < -0.3 is 19.9 Å². The maximum Gasteiger partial charge on any atom is 0.322 e. The summed E-state index contributed by atoms with van der Waals surface area (Å²) in [6, 6.07) is 14.2. The number of nitrogens with zero attached hydrogens (tertiary/aromatic N) is 2. The lowest BCUT2D eigenvalue weighted by atomic mass is 10.00. The Hall–Kier alpha value is -3.10. The fraction of sp³-hybridized carbons (Fsp3) is 0.357. The Morgan fingerprint density at radius 3 is 2.81 bits per heavy atom. The molecular formula is C28H31ClFN3O3S. The third-order valence-electron chi connectivity index (χ3n) is 6.54. The Morgan fingerprint density at radius 2 is 2.05 bits per heavy atom. The van der Waals surface area contributed by atoms with Crippen molar-refractivity contribution in [3.05, 3.63) is 81.3 Å². The van der Waals surface area contributed by atoms with Gasteiger partial charge in [0, 0.05) is 34.7 Å². The number of anilines is 1. The molecule has 1 aliphatic rings. The molecule has 1 aliphatic heterocycles. The molecule has 0 unspecified atom stereocenters. The smallest absolute Gasteiger partial charge is 0.322 e. The Bertz CT molecular complexity index is 1240. The Morgan fingerprint density at radius 1 is 1.24 bits per heavy atom. The van der Waals surface area contributed by atoms with Crippen molar-refractivity contribution in [2.75, 3.05) is 31.6 Å². The molecule has 1 aromatic heterocycles. The molecule has 0 spiro atoms. The van der Waals surface area contributed by atoms with Crippen molar-refractivity contribution in [1.29, 1.82) is 0 Å². The van der Waals surface area contributed by atoms with Gasteiger partial charge in [0.1, 0.15) is 24.7 Å². The fourth-order valence-electron chi connectivity index (χ4n) is 4.35. The van der Waals surface area contributed by atoms with Gasteiger partial charge in [0.25, 0.3) is 0 Å². The molecule has 0 fully saturated rings. The zero-order valence-electron chi connectivity index (χ0n) is 21.0. The minimum Gasteiger partial charge on any atom is -0.491 e. The molecule has 0 saturated carbocycles. The van der Waals surface area contributed by atoms with Gasteiger partial charge in [0.2, 0.25) is 5.91 Å². The summed E-state index contributed by atoms with van der Waals surface area (Å²) in [5.74, 6) is 0.0924. The van der Waals surface area contributed by atoms with Crippen LogP contribution in [0.4, 0.5) is 14.9 Å². The van der Waals surface area contributed by atoms with E-state index in [1.54, 1.807) is 57.5 Å². The van der Waals surface area contributed by atoms with Crippen LogP contribution in [0.3, 0.4) is 0 Å². The molecule has 4 rings (SSSR count). The SMILES string of the molecule is CC[C@@H](C)CN(CC(=O)N1CCc2sccc2[C@@H]1COc1cccc(F)c1)C(=O)Nc1cccc(Cl)c1. The molecule has 6 nitrogen and oxygen atoms in total. The van der Waals surface area contributed by atoms with Gasteiger partial charge in [-0.1, -0.05) is 44.0 Å². The maximum absolute atomic E-state index is 13.7. The molecule has 2 heterocycles. The number of halogens is 2. The van der Waals surface area contributed by atoms with Crippen LogP contribution in [0.1, 0.15) is 36.8 Å². The Balaban J connectivity index is 1.51. The van der Waals surface area contributed by atoms with Crippen LogP contribution in [0.2, 0.25) is 5.02 Å². The summed E-state index contributed by atoms with van der Waals surface area (Å²) < 4.78 is 19.6. The number of carbonyl (C=O) groups is 2. The summed E-state index contributed by atoms with van der Waals surface area (Å²) in [7, 11) is 0. The molecule has 0 aliphatic carbocycles. The molecule has 37 heavy (non-hydrogen) atoms. The number of carbonyl (C=O) groups excluding carboxylic acids is 2. The Labute approximate surface area is 226 Å². The van der Waals surface area contributed by atoms with E-state index in [2.05, 4.69) is 19.2 Å². The van der Waals surface area contributed by atoms with Crippen molar-refractivity contribution >= 4 is 40.6 Å². The molecule has 2 aromatic carbocycles. The minimum atomic E-state index is -0.378. The zero-order chi connectivity index (χ0) is 26.4. The number of nitrogens with one attached hydrogen (secondary N) is 1. The predicted octanol–water partition coefficient (Wildman–Crippen LogP) is 6.63. The lowest BCUT2D eigenvalue weighted by Crippen LogP contribution is -2.49. The van der Waals surface area contributed by atoms with Crippen molar-refractivity contribution in [2.24, 2.45) is 5.92 Å². The van der Waals surface area contributed by atoms with Crippen LogP contribution in [0.5, 0.6) is 5.75 Å². The number of rotatable bonds is 9. The number of hydrogen-bond donors (Lipinski definition) is 1. The van der Waals surface area contributed by atoms with E-state index in [0.717, 1.165) is 18.4 Å². The van der Waals surface area contributed by atoms with Crippen LogP contribution in [-0.4, -0.2) is 48.0 Å². The highest BCUT2D eigenvalue weighted by Gasteiger charge is 2.33. The number of urea groups is 1. The number of benzene rings is 2. The maximum atomic E-state index is 13.7. The first-order chi connectivity index (χ1) is 17.8. The topological polar surface area (TPSA) is 61.9 Å². The molecule has 0 bridgehead atoms. The molecule has 3 aromatic rings. The summed E-state index contributed by atoms with van der Waals surface area (Å²) in [6.45, 7) is 5.21. The summed E-state index contributed by atoms with van der Waals surface area (Å²) in [4.78, 5) is 31.4. The molecule has 0 radical (unpaired) electrons. The van der Waals surface area contributed by atoms with Gasteiger partial charge in [-0.3, -0.25) is 4.79 Å². The molecule has 9 heteroatoms. The summed E-state index contributed by atoms with van der Waals surface area (Å²) in [6.07, 6.45) is 1.62. The van der Waals surface area contributed by atoms with Crippen LogP contribution >= 0.6 is 22.9 Å². The first kappa shape index (κ1) is 26.9. The highest BCUT2D eigenvalue weighted by Crippen LogP contribution is 2.34. The van der Waals surface area contributed by atoms with Gasteiger partial charge in [-0.05, 0) is 59.7 Å². The highest BCUT2D eigenvalue weighted by atomic mass is 35.5. The van der Waals surface area contributed by atoms with Crippen molar-refractivity contribution in [2.45, 2.75) is 32.7 Å². The lowest BCUT2D eigenvalue weighted by Gasteiger charge is -2.37. The quantitative estimate of drug-likeness (QED) is 0.329. The van der Waals surface area contributed by atoms with E-state index in [0.29, 0.717) is 29.5 Å². The zero-order valence-corrected chi connectivity index (χ0v) is 22.5. The number of hydrogen-bond acceptors (Lipinski definition) is 4. The summed E-state index contributed by atoms with van der Waals surface area (Å²) in [5, 5.41) is 5.40. The number of fused-ring (bicyclic) bond motifs is 1. The van der Waals surface area contributed by atoms with E-state index in [9.17, 15) is 14.0 Å². The third kappa shape index (κ3) is 7.02. The minimum absolute atomic E-state index is 0.0628. The van der Waals surface area contributed by atoms with Crippen LogP contribution < -0.4 is 10.1 Å². The average molecular weight is 544 g/mol. The van der Waals surface area contributed by atoms with Crippen LogP contribution in [0.25, 0.3) is 0 Å². The molecule has 0 saturated heterocycles. The van der Waals surface area contributed by atoms with Gasteiger partial charge in [-0.15, -0.1) is 11.3 Å². The number of amides is 3. The molecule has 3 amide bonds. The Kier molecular flexibility index (Phi) is 9.05. The van der Waals surface area contributed by atoms with Crippen LogP contribution in [0.15, 0.2) is 60.0 Å². The van der Waals surface area contributed by atoms with Gasteiger partial charge >= 0.3 is 6.03 Å². The number of ether oxygens (including phenoxy) is 1. The van der Waals surface area contributed by atoms with Crippen molar-refractivity contribution in [1.82, 2.24) is 9.80 Å². The van der Waals surface area contributed by atoms with E-state index in [1.807, 2.05) is 11.4 Å². The van der Waals surface area contributed by atoms with E-state index < -0.39 is 0 Å². The number of thiophene rings is 1.